The third-order valence-corrected chi connectivity index (χ3v) is 3.38. The number of benzene rings is 2. The Hall–Kier alpha value is -1.96. The van der Waals surface area contributed by atoms with Crippen LogP contribution in [0.25, 0.3) is 11.1 Å². The number of nitrogens with two attached hydrogens (primary N) is 1. The van der Waals surface area contributed by atoms with Gasteiger partial charge in [-0.2, -0.15) is 0 Å². The third kappa shape index (κ3) is 3.77. The van der Waals surface area contributed by atoms with Crippen LogP contribution in [-0.4, -0.2) is 6.04 Å². The zero-order valence-corrected chi connectivity index (χ0v) is 12.6. The Morgan fingerprint density at radius 3 is 2.35 bits per heavy atom. The predicted octanol–water partition coefficient (Wildman–Crippen LogP) is 4.78. The molecule has 0 heterocycles. The van der Waals surface area contributed by atoms with E-state index in [0.29, 0.717) is 12.0 Å². The molecule has 0 radical (unpaired) electrons. The first kappa shape index (κ1) is 14.4. The zero-order chi connectivity index (χ0) is 14.5. The second-order valence-electron chi connectivity index (χ2n) is 5.84. The monoisotopic (exact) mass is 268 g/mol. The predicted molar refractivity (Wildman–Crippen MR) is 88.8 cm³/mol. The SMILES string of the molecule is CC(C)CC(C)Nc1ccc(N)c(-c2ccccc2)c1. The molecule has 2 nitrogen and oxygen atoms in total. The number of anilines is 2. The van der Waals surface area contributed by atoms with Gasteiger partial charge in [-0.3, -0.25) is 0 Å². The number of hydrogen-bond acceptors (Lipinski definition) is 2. The molecule has 106 valence electrons. The second kappa shape index (κ2) is 6.47. The lowest BCUT2D eigenvalue weighted by molar-refractivity contribution is 0.540. The van der Waals surface area contributed by atoms with E-state index in [2.05, 4.69) is 50.4 Å². The van der Waals surface area contributed by atoms with E-state index < -0.39 is 0 Å². The highest BCUT2D eigenvalue weighted by Gasteiger charge is 2.07. The van der Waals surface area contributed by atoms with E-state index in [-0.39, 0.29) is 0 Å². The topological polar surface area (TPSA) is 38.0 Å². The molecule has 2 rings (SSSR count). The van der Waals surface area contributed by atoms with Crippen LogP contribution in [0.15, 0.2) is 48.5 Å². The minimum atomic E-state index is 0.460. The van der Waals surface area contributed by atoms with Crippen molar-refractivity contribution in [2.24, 2.45) is 5.92 Å². The molecule has 0 saturated heterocycles. The van der Waals surface area contributed by atoms with E-state index in [1.165, 1.54) is 0 Å². The molecule has 0 aliphatic heterocycles. The van der Waals surface area contributed by atoms with Gasteiger partial charge in [0, 0.05) is 23.0 Å². The largest absolute Gasteiger partial charge is 0.398 e. The summed E-state index contributed by atoms with van der Waals surface area (Å²) < 4.78 is 0. The average Bonchev–Trinajstić information content (AvgIpc) is 2.41. The summed E-state index contributed by atoms with van der Waals surface area (Å²) in [4.78, 5) is 0. The summed E-state index contributed by atoms with van der Waals surface area (Å²) >= 11 is 0. The Bertz CT molecular complexity index is 547. The van der Waals surface area contributed by atoms with Crippen molar-refractivity contribution in [3.05, 3.63) is 48.5 Å². The highest BCUT2D eigenvalue weighted by atomic mass is 14.9. The van der Waals surface area contributed by atoms with E-state index in [1.807, 2.05) is 24.3 Å². The van der Waals surface area contributed by atoms with Crippen molar-refractivity contribution in [2.75, 3.05) is 11.1 Å². The van der Waals surface area contributed by atoms with Crippen molar-refractivity contribution in [2.45, 2.75) is 33.2 Å². The highest BCUT2D eigenvalue weighted by Crippen LogP contribution is 2.29. The fourth-order valence-electron chi connectivity index (χ4n) is 2.56. The summed E-state index contributed by atoms with van der Waals surface area (Å²) in [7, 11) is 0. The summed E-state index contributed by atoms with van der Waals surface area (Å²) in [6.45, 7) is 6.71. The molecule has 0 amide bonds. The van der Waals surface area contributed by atoms with Gasteiger partial charge < -0.3 is 11.1 Å². The molecule has 0 fully saturated rings. The Labute approximate surface area is 122 Å². The maximum atomic E-state index is 6.11. The lowest BCUT2D eigenvalue weighted by Crippen LogP contribution is -2.17. The first-order valence-electron chi connectivity index (χ1n) is 7.27. The smallest absolute Gasteiger partial charge is 0.0395 e. The number of nitrogen functional groups attached to an aromatic ring is 1. The van der Waals surface area contributed by atoms with Gasteiger partial charge in [0.1, 0.15) is 0 Å². The lowest BCUT2D eigenvalue weighted by Gasteiger charge is -2.18. The van der Waals surface area contributed by atoms with Crippen LogP contribution in [0.3, 0.4) is 0 Å². The molecule has 0 aliphatic carbocycles. The van der Waals surface area contributed by atoms with Crippen LogP contribution in [0.5, 0.6) is 0 Å². The van der Waals surface area contributed by atoms with Crippen molar-refractivity contribution in [1.29, 1.82) is 0 Å². The summed E-state index contributed by atoms with van der Waals surface area (Å²) in [5.41, 5.74) is 10.3. The highest BCUT2D eigenvalue weighted by molar-refractivity contribution is 5.79. The van der Waals surface area contributed by atoms with Gasteiger partial charge in [0.05, 0.1) is 0 Å². The van der Waals surface area contributed by atoms with Crippen molar-refractivity contribution < 1.29 is 0 Å². The molecule has 0 aliphatic rings. The minimum absolute atomic E-state index is 0.460. The zero-order valence-electron chi connectivity index (χ0n) is 12.6. The molecule has 0 spiro atoms. The molecular weight excluding hydrogens is 244 g/mol. The summed E-state index contributed by atoms with van der Waals surface area (Å²) in [5, 5.41) is 3.56. The third-order valence-electron chi connectivity index (χ3n) is 3.38. The number of hydrogen-bond donors (Lipinski definition) is 2. The van der Waals surface area contributed by atoms with Gasteiger partial charge >= 0.3 is 0 Å². The Morgan fingerprint density at radius 2 is 1.70 bits per heavy atom. The molecule has 2 heteroatoms. The maximum absolute atomic E-state index is 6.11. The minimum Gasteiger partial charge on any atom is -0.398 e. The second-order valence-corrected chi connectivity index (χ2v) is 5.84. The quantitative estimate of drug-likeness (QED) is 0.766. The van der Waals surface area contributed by atoms with E-state index >= 15 is 0 Å². The molecule has 2 aromatic carbocycles. The normalized spacial score (nSPS) is 12.4. The van der Waals surface area contributed by atoms with Crippen LogP contribution in [-0.2, 0) is 0 Å². The molecule has 2 aromatic rings. The number of rotatable bonds is 5. The molecule has 1 atom stereocenters. The van der Waals surface area contributed by atoms with Gasteiger partial charge in [-0.05, 0) is 43.0 Å². The van der Waals surface area contributed by atoms with Crippen molar-refractivity contribution in [3.63, 3.8) is 0 Å². The Balaban J connectivity index is 2.21. The van der Waals surface area contributed by atoms with Gasteiger partial charge in [-0.15, -0.1) is 0 Å². The Kier molecular flexibility index (Phi) is 4.67. The fourth-order valence-corrected chi connectivity index (χ4v) is 2.56. The lowest BCUT2D eigenvalue weighted by atomic mass is 10.0. The van der Waals surface area contributed by atoms with Crippen LogP contribution in [0.2, 0.25) is 0 Å². The van der Waals surface area contributed by atoms with Gasteiger partial charge in [0.15, 0.2) is 0 Å². The molecule has 0 bridgehead atoms. The van der Waals surface area contributed by atoms with E-state index in [0.717, 1.165) is 28.9 Å². The van der Waals surface area contributed by atoms with Crippen LogP contribution in [0.4, 0.5) is 11.4 Å². The van der Waals surface area contributed by atoms with Crippen molar-refractivity contribution >= 4 is 11.4 Å². The van der Waals surface area contributed by atoms with E-state index in [9.17, 15) is 0 Å². The molecule has 0 aromatic heterocycles. The summed E-state index contributed by atoms with van der Waals surface area (Å²) in [6.07, 6.45) is 1.16. The van der Waals surface area contributed by atoms with Gasteiger partial charge in [-0.25, -0.2) is 0 Å². The maximum Gasteiger partial charge on any atom is 0.0395 e. The summed E-state index contributed by atoms with van der Waals surface area (Å²) in [6, 6.07) is 16.9. The van der Waals surface area contributed by atoms with Crippen molar-refractivity contribution in [1.82, 2.24) is 0 Å². The fraction of sp³-hybridized carbons (Fsp3) is 0.333. The summed E-state index contributed by atoms with van der Waals surface area (Å²) in [5.74, 6) is 0.694. The molecule has 0 saturated carbocycles. The van der Waals surface area contributed by atoms with Gasteiger partial charge in [0.25, 0.3) is 0 Å². The number of nitrogens with one attached hydrogen (secondary N) is 1. The van der Waals surface area contributed by atoms with Gasteiger partial charge in [0.2, 0.25) is 0 Å². The van der Waals surface area contributed by atoms with E-state index in [1.54, 1.807) is 0 Å². The van der Waals surface area contributed by atoms with E-state index in [4.69, 9.17) is 5.73 Å². The Morgan fingerprint density at radius 1 is 1.00 bits per heavy atom. The standard InChI is InChI=1S/C18H24N2/c1-13(2)11-14(3)20-16-9-10-18(19)17(12-16)15-7-5-4-6-8-15/h4-10,12-14,20H,11,19H2,1-3H3. The average molecular weight is 268 g/mol. The molecule has 3 N–H and O–H groups in total. The van der Waals surface area contributed by atoms with Crippen LogP contribution < -0.4 is 11.1 Å². The molecule has 20 heavy (non-hydrogen) atoms. The first-order chi connectivity index (χ1) is 9.56. The van der Waals surface area contributed by atoms with Crippen LogP contribution in [0.1, 0.15) is 27.2 Å². The van der Waals surface area contributed by atoms with Crippen LogP contribution >= 0.6 is 0 Å². The van der Waals surface area contributed by atoms with Crippen molar-refractivity contribution in [3.8, 4) is 11.1 Å². The molecule has 1 unspecified atom stereocenters. The van der Waals surface area contributed by atoms with Crippen LogP contribution in [0, 0.1) is 5.92 Å². The van der Waals surface area contributed by atoms with Gasteiger partial charge in [-0.1, -0.05) is 44.2 Å². The molecular formula is C18H24N2. The first-order valence-corrected chi connectivity index (χ1v) is 7.27.